The van der Waals surface area contributed by atoms with Crippen molar-refractivity contribution in [3.05, 3.63) is 131 Å². The van der Waals surface area contributed by atoms with Gasteiger partial charge in [0, 0.05) is 5.92 Å². The van der Waals surface area contributed by atoms with Crippen molar-refractivity contribution in [1.29, 1.82) is 0 Å². The Kier molecular flexibility index (Phi) is 5.79. The molecule has 6 atom stereocenters. The maximum Gasteiger partial charge on any atom is 0.0102 e. The van der Waals surface area contributed by atoms with E-state index in [0.29, 0.717) is 11.8 Å². The fourth-order valence-corrected chi connectivity index (χ4v) is 11.2. The van der Waals surface area contributed by atoms with Crippen LogP contribution in [0.1, 0.15) is 110 Å². The molecule has 6 aliphatic rings. The maximum absolute atomic E-state index is 2.77. The second-order valence-electron chi connectivity index (χ2n) is 14.7. The standard InChI is InChI=1S/C44H42/c1-3-11-27(12-4-1)30-17-7-18-32(25-30)40-37-22-10-19-34-33-24-23-31(28-13-5-2-6-14-28)26-38(33)44(41(34)37)43-36-21-9-16-29-15-8-20-35(39(29)36)42(40)43/h1,3-5,7,10-14,17-19,22,25-26,29,33,35-36,38-39H,2,6,8-9,15-16,20-21,23-24H2. The van der Waals surface area contributed by atoms with E-state index in [4.69, 9.17) is 0 Å². The summed E-state index contributed by atoms with van der Waals surface area (Å²) in [6.07, 6.45) is 23.5. The minimum absolute atomic E-state index is 0.536. The summed E-state index contributed by atoms with van der Waals surface area (Å²) >= 11 is 0. The summed E-state index contributed by atoms with van der Waals surface area (Å²) in [7, 11) is 0. The van der Waals surface area contributed by atoms with Crippen LogP contribution in [0.15, 0.2) is 108 Å². The van der Waals surface area contributed by atoms with Gasteiger partial charge in [0.05, 0.1) is 0 Å². The third-order valence-corrected chi connectivity index (χ3v) is 12.8. The Bertz CT molecular complexity index is 1900. The van der Waals surface area contributed by atoms with E-state index in [0.717, 1.165) is 23.7 Å². The van der Waals surface area contributed by atoms with E-state index in [-0.39, 0.29) is 0 Å². The highest BCUT2D eigenvalue weighted by molar-refractivity contribution is 6.06. The summed E-state index contributed by atoms with van der Waals surface area (Å²) in [4.78, 5) is 0. The predicted molar refractivity (Wildman–Crippen MR) is 184 cm³/mol. The average molecular weight is 571 g/mol. The Hall–Kier alpha value is -3.64. The molecule has 0 heterocycles. The summed E-state index contributed by atoms with van der Waals surface area (Å²) in [6.45, 7) is 0. The molecule has 0 bridgehead atoms. The Labute approximate surface area is 262 Å². The van der Waals surface area contributed by atoms with Gasteiger partial charge in [0.1, 0.15) is 0 Å². The van der Waals surface area contributed by atoms with Crippen molar-refractivity contribution in [2.24, 2.45) is 11.8 Å². The van der Waals surface area contributed by atoms with E-state index in [2.05, 4.69) is 97.1 Å². The van der Waals surface area contributed by atoms with Crippen LogP contribution in [-0.2, 0) is 0 Å². The van der Waals surface area contributed by atoms with Gasteiger partial charge in [0.25, 0.3) is 0 Å². The smallest absolute Gasteiger partial charge is 0.0102 e. The second-order valence-corrected chi connectivity index (χ2v) is 14.7. The molecule has 0 aliphatic heterocycles. The molecular weight excluding hydrogens is 528 g/mol. The lowest BCUT2D eigenvalue weighted by molar-refractivity contribution is 0.138. The number of allylic oxidation sites excluding steroid dienone is 6. The van der Waals surface area contributed by atoms with Crippen LogP contribution in [0.2, 0.25) is 0 Å². The van der Waals surface area contributed by atoms with Gasteiger partial charge in [-0.2, -0.15) is 0 Å². The molecule has 4 aromatic rings. The highest BCUT2D eigenvalue weighted by Gasteiger charge is 2.52. The van der Waals surface area contributed by atoms with Crippen molar-refractivity contribution in [3.63, 3.8) is 0 Å². The van der Waals surface area contributed by atoms with Gasteiger partial charge in [-0.15, -0.1) is 0 Å². The van der Waals surface area contributed by atoms with E-state index < -0.39 is 0 Å². The third-order valence-electron chi connectivity index (χ3n) is 12.8. The van der Waals surface area contributed by atoms with Crippen LogP contribution in [0.5, 0.6) is 0 Å². The average Bonchev–Trinajstić information content (AvgIpc) is 3.60. The topological polar surface area (TPSA) is 0 Å². The first-order chi connectivity index (χ1) is 21.8. The van der Waals surface area contributed by atoms with Gasteiger partial charge in [0.15, 0.2) is 0 Å². The van der Waals surface area contributed by atoms with Crippen LogP contribution < -0.4 is 0 Å². The number of fused-ring (bicyclic) bond motifs is 7. The summed E-state index contributed by atoms with van der Waals surface area (Å²) < 4.78 is 0. The van der Waals surface area contributed by atoms with Crippen LogP contribution in [0, 0.1) is 11.8 Å². The Morgan fingerprint density at radius 2 is 1.41 bits per heavy atom. The normalized spacial score (nSPS) is 29.5. The number of benzene rings is 4. The monoisotopic (exact) mass is 570 g/mol. The van der Waals surface area contributed by atoms with Crippen molar-refractivity contribution >= 4 is 10.8 Å². The molecule has 0 aromatic heterocycles. The first-order valence-electron chi connectivity index (χ1n) is 17.7. The van der Waals surface area contributed by atoms with Crippen LogP contribution >= 0.6 is 0 Å². The van der Waals surface area contributed by atoms with Crippen LogP contribution in [0.4, 0.5) is 0 Å². The zero-order chi connectivity index (χ0) is 28.8. The van der Waals surface area contributed by atoms with Gasteiger partial charge in [-0.25, -0.2) is 0 Å². The second kappa shape index (κ2) is 9.93. The lowest BCUT2D eigenvalue weighted by Gasteiger charge is -2.41. The summed E-state index contributed by atoms with van der Waals surface area (Å²) in [6, 6.07) is 28.0. The first kappa shape index (κ1) is 25.7. The van der Waals surface area contributed by atoms with Crippen LogP contribution in [0.25, 0.3) is 33.0 Å². The highest BCUT2D eigenvalue weighted by Crippen LogP contribution is 2.67. The quantitative estimate of drug-likeness (QED) is 0.230. The summed E-state index contributed by atoms with van der Waals surface area (Å²) in [5, 5.41) is 3.19. The van der Waals surface area contributed by atoms with Crippen molar-refractivity contribution in [2.45, 2.75) is 87.9 Å². The fourth-order valence-electron chi connectivity index (χ4n) is 11.2. The molecule has 6 unspecified atom stereocenters. The maximum atomic E-state index is 2.77. The number of hydrogen-bond donors (Lipinski definition) is 0. The van der Waals surface area contributed by atoms with E-state index in [9.17, 15) is 0 Å². The molecule has 0 radical (unpaired) electrons. The molecule has 218 valence electrons. The van der Waals surface area contributed by atoms with Gasteiger partial charge in [-0.3, -0.25) is 0 Å². The van der Waals surface area contributed by atoms with E-state index >= 15 is 0 Å². The summed E-state index contributed by atoms with van der Waals surface area (Å²) in [5.41, 5.74) is 15.9. The highest BCUT2D eigenvalue weighted by atomic mass is 14.6. The molecule has 2 saturated carbocycles. The zero-order valence-corrected chi connectivity index (χ0v) is 25.8. The molecule has 44 heavy (non-hydrogen) atoms. The van der Waals surface area contributed by atoms with Crippen molar-refractivity contribution in [3.8, 4) is 22.3 Å². The predicted octanol–water partition coefficient (Wildman–Crippen LogP) is 12.1. The number of hydrogen-bond acceptors (Lipinski definition) is 0. The molecule has 0 heteroatoms. The molecule has 0 spiro atoms. The molecule has 2 fully saturated rings. The van der Waals surface area contributed by atoms with E-state index in [1.807, 2.05) is 5.56 Å². The SMILES string of the molecule is C1=CC(C2=CC3c4c5c(c(-c6cccc(-c7ccccc7)c6)c6cccc(c46)C3CC2)C2CCCC3CCCC5C32)=CCC1. The molecule has 0 nitrogen and oxygen atoms in total. The fraction of sp³-hybridized carbons (Fsp3) is 0.364. The Morgan fingerprint density at radius 1 is 0.614 bits per heavy atom. The largest absolute Gasteiger partial charge is 0.0836 e. The van der Waals surface area contributed by atoms with Crippen LogP contribution in [0.3, 0.4) is 0 Å². The summed E-state index contributed by atoms with van der Waals surface area (Å²) in [5.74, 6) is 4.42. The van der Waals surface area contributed by atoms with Crippen molar-refractivity contribution in [2.75, 3.05) is 0 Å². The molecular formula is C44H42. The van der Waals surface area contributed by atoms with Crippen LogP contribution in [-0.4, -0.2) is 0 Å². The van der Waals surface area contributed by atoms with Gasteiger partial charge >= 0.3 is 0 Å². The lowest BCUT2D eigenvalue weighted by atomic mass is 9.63. The van der Waals surface area contributed by atoms with Gasteiger partial charge in [-0.05, 0) is 141 Å². The van der Waals surface area contributed by atoms with E-state index in [1.54, 1.807) is 38.6 Å². The molecule has 0 saturated heterocycles. The molecule has 6 aliphatic carbocycles. The molecule has 0 amide bonds. The van der Waals surface area contributed by atoms with Crippen molar-refractivity contribution < 1.29 is 0 Å². The zero-order valence-electron chi connectivity index (χ0n) is 25.8. The minimum Gasteiger partial charge on any atom is -0.0836 e. The third kappa shape index (κ3) is 3.64. The van der Waals surface area contributed by atoms with Gasteiger partial charge < -0.3 is 0 Å². The minimum atomic E-state index is 0.536. The van der Waals surface area contributed by atoms with Crippen molar-refractivity contribution in [1.82, 2.24) is 0 Å². The number of rotatable bonds is 3. The first-order valence-corrected chi connectivity index (χ1v) is 17.7. The van der Waals surface area contributed by atoms with Gasteiger partial charge in [0.2, 0.25) is 0 Å². The molecule has 4 aromatic carbocycles. The molecule has 10 rings (SSSR count). The lowest BCUT2D eigenvalue weighted by Crippen LogP contribution is -2.30. The molecule has 0 N–H and O–H groups in total. The van der Waals surface area contributed by atoms with E-state index in [1.165, 1.54) is 86.5 Å². The Balaban J connectivity index is 1.26. The Morgan fingerprint density at radius 3 is 2.25 bits per heavy atom. The van der Waals surface area contributed by atoms with Gasteiger partial charge in [-0.1, -0.05) is 117 Å².